The normalized spacial score (nSPS) is 12.4. The Hall–Kier alpha value is -1.60. The van der Waals surface area contributed by atoms with Crippen molar-refractivity contribution in [2.45, 2.75) is 32.7 Å². The van der Waals surface area contributed by atoms with E-state index in [-0.39, 0.29) is 6.04 Å². The second-order valence-corrected chi connectivity index (χ2v) is 4.99. The third kappa shape index (κ3) is 3.21. The summed E-state index contributed by atoms with van der Waals surface area (Å²) in [6.45, 7) is 4.24. The minimum atomic E-state index is 0.132. The second-order valence-electron chi connectivity index (χ2n) is 4.99. The van der Waals surface area contributed by atoms with Crippen LogP contribution in [0.1, 0.15) is 34.7 Å². The van der Waals surface area contributed by atoms with Gasteiger partial charge >= 0.3 is 0 Å². The Labute approximate surface area is 110 Å². The molecular formula is C17H21N. The molecule has 2 aromatic rings. The zero-order chi connectivity index (χ0) is 13.0. The summed E-state index contributed by atoms with van der Waals surface area (Å²) < 4.78 is 0. The number of hydrogen-bond donors (Lipinski definition) is 1. The quantitative estimate of drug-likeness (QED) is 0.859. The van der Waals surface area contributed by atoms with E-state index < -0.39 is 0 Å². The van der Waals surface area contributed by atoms with Crippen LogP contribution in [0.2, 0.25) is 0 Å². The van der Waals surface area contributed by atoms with E-state index in [1.165, 1.54) is 22.3 Å². The molecule has 2 rings (SSSR count). The first-order valence-corrected chi connectivity index (χ1v) is 6.53. The SMILES string of the molecule is Cc1ccc(CCC(N)c2ccccc2C)cc1. The van der Waals surface area contributed by atoms with E-state index >= 15 is 0 Å². The van der Waals surface area contributed by atoms with Crippen LogP contribution in [0.3, 0.4) is 0 Å². The molecule has 1 heteroatoms. The van der Waals surface area contributed by atoms with Crippen LogP contribution < -0.4 is 5.73 Å². The van der Waals surface area contributed by atoms with Crippen LogP contribution in [0.4, 0.5) is 0 Å². The zero-order valence-electron chi connectivity index (χ0n) is 11.2. The fourth-order valence-electron chi connectivity index (χ4n) is 2.24. The molecular weight excluding hydrogens is 218 g/mol. The first kappa shape index (κ1) is 12.8. The van der Waals surface area contributed by atoms with Gasteiger partial charge in [0, 0.05) is 6.04 Å². The molecule has 0 amide bonds. The van der Waals surface area contributed by atoms with Crippen molar-refractivity contribution < 1.29 is 0 Å². The molecule has 0 saturated heterocycles. The van der Waals surface area contributed by atoms with E-state index in [4.69, 9.17) is 5.73 Å². The van der Waals surface area contributed by atoms with Crippen LogP contribution in [0, 0.1) is 13.8 Å². The van der Waals surface area contributed by atoms with E-state index in [2.05, 4.69) is 62.4 Å². The van der Waals surface area contributed by atoms with E-state index in [0.29, 0.717) is 0 Å². The highest BCUT2D eigenvalue weighted by molar-refractivity contribution is 5.29. The molecule has 0 aliphatic heterocycles. The molecule has 94 valence electrons. The lowest BCUT2D eigenvalue weighted by atomic mass is 9.96. The van der Waals surface area contributed by atoms with Crippen molar-refractivity contribution in [1.29, 1.82) is 0 Å². The van der Waals surface area contributed by atoms with Gasteiger partial charge in [-0.1, -0.05) is 54.1 Å². The van der Waals surface area contributed by atoms with Gasteiger partial charge in [-0.3, -0.25) is 0 Å². The van der Waals surface area contributed by atoms with Gasteiger partial charge in [0.05, 0.1) is 0 Å². The molecule has 0 heterocycles. The predicted molar refractivity (Wildman–Crippen MR) is 77.6 cm³/mol. The van der Waals surface area contributed by atoms with Gasteiger partial charge in [-0.2, -0.15) is 0 Å². The number of nitrogens with two attached hydrogens (primary N) is 1. The maximum Gasteiger partial charge on any atom is 0.0300 e. The van der Waals surface area contributed by atoms with Gasteiger partial charge in [0.2, 0.25) is 0 Å². The highest BCUT2D eigenvalue weighted by Crippen LogP contribution is 2.20. The smallest absolute Gasteiger partial charge is 0.0300 e. The maximum atomic E-state index is 6.27. The van der Waals surface area contributed by atoms with Crippen LogP contribution in [-0.2, 0) is 6.42 Å². The molecule has 0 aliphatic rings. The molecule has 1 unspecified atom stereocenters. The Kier molecular flexibility index (Phi) is 4.16. The van der Waals surface area contributed by atoms with E-state index in [1.54, 1.807) is 0 Å². The van der Waals surface area contributed by atoms with Gasteiger partial charge in [-0.05, 0) is 43.4 Å². The highest BCUT2D eigenvalue weighted by Gasteiger charge is 2.08. The van der Waals surface area contributed by atoms with E-state index in [0.717, 1.165) is 12.8 Å². The first-order valence-electron chi connectivity index (χ1n) is 6.53. The maximum absolute atomic E-state index is 6.27. The van der Waals surface area contributed by atoms with E-state index in [9.17, 15) is 0 Å². The number of hydrogen-bond acceptors (Lipinski definition) is 1. The Morgan fingerprint density at radius 1 is 0.944 bits per heavy atom. The summed E-state index contributed by atoms with van der Waals surface area (Å²) in [4.78, 5) is 0. The average molecular weight is 239 g/mol. The summed E-state index contributed by atoms with van der Waals surface area (Å²) in [5.41, 5.74) is 11.5. The van der Waals surface area contributed by atoms with Gasteiger partial charge < -0.3 is 5.73 Å². The summed E-state index contributed by atoms with van der Waals surface area (Å²) in [5, 5.41) is 0. The fourth-order valence-corrected chi connectivity index (χ4v) is 2.24. The molecule has 0 saturated carbocycles. The fraction of sp³-hybridized carbons (Fsp3) is 0.294. The first-order chi connectivity index (χ1) is 8.66. The third-order valence-electron chi connectivity index (χ3n) is 3.45. The predicted octanol–water partition coefficient (Wildman–Crippen LogP) is 3.94. The molecule has 2 N–H and O–H groups in total. The summed E-state index contributed by atoms with van der Waals surface area (Å²) in [5.74, 6) is 0. The van der Waals surface area contributed by atoms with E-state index in [1.807, 2.05) is 0 Å². The average Bonchev–Trinajstić information content (AvgIpc) is 2.38. The standard InChI is InChI=1S/C17H21N/c1-13-7-9-15(10-8-13)11-12-17(18)16-6-4-3-5-14(16)2/h3-10,17H,11-12,18H2,1-2H3. The van der Waals surface area contributed by atoms with Crippen molar-refractivity contribution in [1.82, 2.24) is 0 Å². The van der Waals surface area contributed by atoms with Gasteiger partial charge in [-0.25, -0.2) is 0 Å². The van der Waals surface area contributed by atoms with Gasteiger partial charge in [0.1, 0.15) is 0 Å². The molecule has 0 radical (unpaired) electrons. The number of aryl methyl sites for hydroxylation is 3. The highest BCUT2D eigenvalue weighted by atomic mass is 14.6. The molecule has 0 spiro atoms. The Bertz CT molecular complexity index is 499. The van der Waals surface area contributed by atoms with Gasteiger partial charge in [0.25, 0.3) is 0 Å². The Balaban J connectivity index is 1.98. The third-order valence-corrected chi connectivity index (χ3v) is 3.45. The molecule has 0 fully saturated rings. The molecule has 0 aromatic heterocycles. The Morgan fingerprint density at radius 3 is 2.28 bits per heavy atom. The van der Waals surface area contributed by atoms with Crippen molar-refractivity contribution in [3.05, 3.63) is 70.8 Å². The van der Waals surface area contributed by atoms with Crippen LogP contribution in [0.25, 0.3) is 0 Å². The number of benzene rings is 2. The van der Waals surface area contributed by atoms with Crippen molar-refractivity contribution in [2.75, 3.05) is 0 Å². The van der Waals surface area contributed by atoms with Crippen LogP contribution in [-0.4, -0.2) is 0 Å². The summed E-state index contributed by atoms with van der Waals surface area (Å²) in [6, 6.07) is 17.2. The minimum Gasteiger partial charge on any atom is -0.324 e. The molecule has 1 atom stereocenters. The van der Waals surface area contributed by atoms with Crippen molar-refractivity contribution in [3.8, 4) is 0 Å². The lowest BCUT2D eigenvalue weighted by molar-refractivity contribution is 0.648. The zero-order valence-corrected chi connectivity index (χ0v) is 11.2. The molecule has 2 aromatic carbocycles. The lowest BCUT2D eigenvalue weighted by Gasteiger charge is -2.14. The van der Waals surface area contributed by atoms with Gasteiger partial charge in [0.15, 0.2) is 0 Å². The molecule has 0 bridgehead atoms. The Morgan fingerprint density at radius 2 is 1.61 bits per heavy atom. The van der Waals surface area contributed by atoms with Crippen LogP contribution in [0.15, 0.2) is 48.5 Å². The lowest BCUT2D eigenvalue weighted by Crippen LogP contribution is -2.12. The van der Waals surface area contributed by atoms with Crippen LogP contribution >= 0.6 is 0 Å². The summed E-state index contributed by atoms with van der Waals surface area (Å²) in [7, 11) is 0. The number of rotatable bonds is 4. The van der Waals surface area contributed by atoms with Crippen molar-refractivity contribution >= 4 is 0 Å². The monoisotopic (exact) mass is 239 g/mol. The van der Waals surface area contributed by atoms with Crippen molar-refractivity contribution in [2.24, 2.45) is 5.73 Å². The van der Waals surface area contributed by atoms with Gasteiger partial charge in [-0.15, -0.1) is 0 Å². The summed E-state index contributed by atoms with van der Waals surface area (Å²) >= 11 is 0. The largest absolute Gasteiger partial charge is 0.324 e. The summed E-state index contributed by atoms with van der Waals surface area (Å²) in [6.07, 6.45) is 2.03. The molecule has 18 heavy (non-hydrogen) atoms. The molecule has 0 aliphatic carbocycles. The molecule has 1 nitrogen and oxygen atoms in total. The van der Waals surface area contributed by atoms with Crippen molar-refractivity contribution in [3.63, 3.8) is 0 Å². The topological polar surface area (TPSA) is 26.0 Å². The second kappa shape index (κ2) is 5.83. The van der Waals surface area contributed by atoms with Crippen LogP contribution in [0.5, 0.6) is 0 Å². The minimum absolute atomic E-state index is 0.132.